The Morgan fingerprint density at radius 2 is 1.56 bits per heavy atom. The molecule has 27 heavy (non-hydrogen) atoms. The highest BCUT2D eigenvalue weighted by atomic mass is 16.5. The summed E-state index contributed by atoms with van der Waals surface area (Å²) in [7, 11) is 3.09. The number of hydrogen-bond acceptors (Lipinski definition) is 4. The van der Waals surface area contributed by atoms with Crippen LogP contribution in [0.3, 0.4) is 0 Å². The van der Waals surface area contributed by atoms with Gasteiger partial charge in [-0.25, -0.2) is 0 Å². The first-order valence-corrected chi connectivity index (χ1v) is 8.88. The predicted octanol–water partition coefficient (Wildman–Crippen LogP) is 3.75. The molecule has 2 rings (SSSR count). The van der Waals surface area contributed by atoms with Crippen molar-refractivity contribution >= 4 is 17.5 Å². The smallest absolute Gasteiger partial charge is 0.255 e. The van der Waals surface area contributed by atoms with Crippen LogP contribution in [0.5, 0.6) is 11.5 Å². The third-order valence-electron chi connectivity index (χ3n) is 4.43. The molecule has 0 heterocycles. The number of hydrogen-bond donors (Lipinski definition) is 1. The molecule has 0 radical (unpaired) electrons. The quantitative estimate of drug-likeness (QED) is 0.806. The van der Waals surface area contributed by atoms with Crippen LogP contribution in [-0.4, -0.2) is 44.0 Å². The lowest BCUT2D eigenvalue weighted by atomic mass is 10.1. The molecule has 0 spiro atoms. The zero-order valence-corrected chi connectivity index (χ0v) is 16.5. The lowest BCUT2D eigenvalue weighted by Gasteiger charge is -2.19. The molecule has 0 aliphatic heterocycles. The van der Waals surface area contributed by atoms with Crippen molar-refractivity contribution in [3.8, 4) is 11.5 Å². The van der Waals surface area contributed by atoms with E-state index in [2.05, 4.69) is 5.32 Å². The second-order valence-corrected chi connectivity index (χ2v) is 6.02. The molecular weight excluding hydrogens is 344 g/mol. The normalized spacial score (nSPS) is 10.3. The summed E-state index contributed by atoms with van der Waals surface area (Å²) in [6.07, 6.45) is 0. The van der Waals surface area contributed by atoms with Gasteiger partial charge in [-0.05, 0) is 51.1 Å². The van der Waals surface area contributed by atoms with E-state index in [9.17, 15) is 9.59 Å². The topological polar surface area (TPSA) is 67.9 Å². The zero-order chi connectivity index (χ0) is 20.0. The average Bonchev–Trinajstić information content (AvgIpc) is 2.69. The van der Waals surface area contributed by atoms with Crippen molar-refractivity contribution in [2.24, 2.45) is 0 Å². The maximum absolute atomic E-state index is 12.7. The molecular formula is C21H26N2O4. The molecule has 0 saturated heterocycles. The van der Waals surface area contributed by atoms with E-state index < -0.39 is 0 Å². The summed E-state index contributed by atoms with van der Waals surface area (Å²) < 4.78 is 10.6. The standard InChI is InChI=1S/C21H26N2O4/c1-6-23(7-2)21(25)15-9-8-10-17(11-15)22-20(24)16-12-18(26-4)14(3)19(13-16)27-5/h8-13H,6-7H2,1-5H3,(H,22,24). The Morgan fingerprint density at radius 3 is 2.07 bits per heavy atom. The molecule has 0 aliphatic rings. The molecule has 0 bridgehead atoms. The van der Waals surface area contributed by atoms with Crippen molar-refractivity contribution in [1.29, 1.82) is 0 Å². The van der Waals surface area contributed by atoms with E-state index in [0.29, 0.717) is 41.4 Å². The van der Waals surface area contributed by atoms with Gasteiger partial charge in [0.05, 0.1) is 14.2 Å². The molecule has 0 unspecified atom stereocenters. The Bertz CT molecular complexity index is 804. The maximum atomic E-state index is 12.7. The minimum atomic E-state index is -0.306. The third kappa shape index (κ3) is 4.58. The minimum Gasteiger partial charge on any atom is -0.496 e. The summed E-state index contributed by atoms with van der Waals surface area (Å²) in [5, 5.41) is 2.83. The lowest BCUT2D eigenvalue weighted by molar-refractivity contribution is 0.0772. The number of nitrogens with zero attached hydrogens (tertiary/aromatic N) is 1. The summed E-state index contributed by atoms with van der Waals surface area (Å²) in [6.45, 7) is 7.00. The van der Waals surface area contributed by atoms with E-state index in [0.717, 1.165) is 5.56 Å². The molecule has 1 N–H and O–H groups in total. The van der Waals surface area contributed by atoms with Gasteiger partial charge in [-0.1, -0.05) is 6.07 Å². The van der Waals surface area contributed by atoms with E-state index in [4.69, 9.17) is 9.47 Å². The molecule has 2 amide bonds. The molecule has 0 atom stereocenters. The zero-order valence-electron chi connectivity index (χ0n) is 16.5. The van der Waals surface area contributed by atoms with Gasteiger partial charge in [0.15, 0.2) is 0 Å². The fourth-order valence-electron chi connectivity index (χ4n) is 2.84. The van der Waals surface area contributed by atoms with Crippen molar-refractivity contribution in [1.82, 2.24) is 4.90 Å². The van der Waals surface area contributed by atoms with Gasteiger partial charge in [-0.15, -0.1) is 0 Å². The number of carbonyl (C=O) groups is 2. The van der Waals surface area contributed by atoms with E-state index in [-0.39, 0.29) is 11.8 Å². The summed E-state index contributed by atoms with van der Waals surface area (Å²) >= 11 is 0. The maximum Gasteiger partial charge on any atom is 0.255 e. The molecule has 2 aromatic rings. The Balaban J connectivity index is 2.26. The van der Waals surface area contributed by atoms with Gasteiger partial charge >= 0.3 is 0 Å². The Kier molecular flexibility index (Phi) is 6.82. The van der Waals surface area contributed by atoms with Crippen LogP contribution in [0.4, 0.5) is 5.69 Å². The molecule has 6 nitrogen and oxygen atoms in total. The lowest BCUT2D eigenvalue weighted by Crippen LogP contribution is -2.30. The van der Waals surface area contributed by atoms with Gasteiger partial charge in [0.2, 0.25) is 0 Å². The SMILES string of the molecule is CCN(CC)C(=O)c1cccc(NC(=O)c2cc(OC)c(C)c(OC)c2)c1. The van der Waals surface area contributed by atoms with Crippen LogP contribution in [0.2, 0.25) is 0 Å². The molecule has 0 aromatic heterocycles. The van der Waals surface area contributed by atoms with Crippen molar-refractivity contribution in [2.75, 3.05) is 32.6 Å². The Morgan fingerprint density at radius 1 is 0.963 bits per heavy atom. The van der Waals surface area contributed by atoms with E-state index in [1.54, 1.807) is 55.5 Å². The fraction of sp³-hybridized carbons (Fsp3) is 0.333. The van der Waals surface area contributed by atoms with Crippen LogP contribution in [0.25, 0.3) is 0 Å². The van der Waals surface area contributed by atoms with Crippen molar-refractivity contribution in [2.45, 2.75) is 20.8 Å². The highest BCUT2D eigenvalue weighted by Crippen LogP contribution is 2.29. The first-order valence-electron chi connectivity index (χ1n) is 8.88. The highest BCUT2D eigenvalue weighted by Gasteiger charge is 2.16. The van der Waals surface area contributed by atoms with Gasteiger partial charge in [-0.3, -0.25) is 9.59 Å². The second-order valence-electron chi connectivity index (χ2n) is 6.02. The summed E-state index contributed by atoms with van der Waals surface area (Å²) in [6, 6.07) is 10.3. The molecule has 0 saturated carbocycles. The van der Waals surface area contributed by atoms with Gasteiger partial charge in [0, 0.05) is 35.5 Å². The van der Waals surface area contributed by atoms with Crippen LogP contribution in [0.15, 0.2) is 36.4 Å². The van der Waals surface area contributed by atoms with E-state index in [1.807, 2.05) is 20.8 Å². The van der Waals surface area contributed by atoms with Gasteiger partial charge in [0.1, 0.15) is 11.5 Å². The second kappa shape index (κ2) is 9.07. The fourth-order valence-corrected chi connectivity index (χ4v) is 2.84. The van der Waals surface area contributed by atoms with Crippen molar-refractivity contribution in [3.05, 3.63) is 53.1 Å². The molecule has 0 aliphatic carbocycles. The Labute approximate surface area is 160 Å². The largest absolute Gasteiger partial charge is 0.496 e. The van der Waals surface area contributed by atoms with Crippen molar-refractivity contribution in [3.63, 3.8) is 0 Å². The summed E-state index contributed by atoms with van der Waals surface area (Å²) in [5.41, 5.74) is 2.32. The Hall–Kier alpha value is -3.02. The summed E-state index contributed by atoms with van der Waals surface area (Å²) in [4.78, 5) is 26.9. The predicted molar refractivity (Wildman–Crippen MR) is 106 cm³/mol. The molecule has 144 valence electrons. The van der Waals surface area contributed by atoms with Crippen molar-refractivity contribution < 1.29 is 19.1 Å². The number of benzene rings is 2. The number of amides is 2. The molecule has 2 aromatic carbocycles. The number of carbonyl (C=O) groups excluding carboxylic acids is 2. The highest BCUT2D eigenvalue weighted by molar-refractivity contribution is 6.05. The number of rotatable bonds is 7. The van der Waals surface area contributed by atoms with E-state index >= 15 is 0 Å². The van der Waals surface area contributed by atoms with Gasteiger partial charge in [0.25, 0.3) is 11.8 Å². The molecule has 0 fully saturated rings. The van der Waals surface area contributed by atoms with Gasteiger partial charge < -0.3 is 19.7 Å². The van der Waals surface area contributed by atoms with E-state index in [1.165, 1.54) is 0 Å². The molecule has 6 heteroatoms. The summed E-state index contributed by atoms with van der Waals surface area (Å²) in [5.74, 6) is 0.781. The van der Waals surface area contributed by atoms with Crippen LogP contribution < -0.4 is 14.8 Å². The monoisotopic (exact) mass is 370 g/mol. The number of anilines is 1. The van der Waals surface area contributed by atoms with Gasteiger partial charge in [-0.2, -0.15) is 0 Å². The average molecular weight is 370 g/mol. The number of methoxy groups -OCH3 is 2. The number of nitrogens with one attached hydrogen (secondary N) is 1. The van der Waals surface area contributed by atoms with Crippen LogP contribution in [-0.2, 0) is 0 Å². The van der Waals surface area contributed by atoms with Crippen LogP contribution in [0.1, 0.15) is 40.1 Å². The van der Waals surface area contributed by atoms with Crippen LogP contribution in [0, 0.1) is 6.92 Å². The first kappa shape index (κ1) is 20.3. The van der Waals surface area contributed by atoms with Crippen LogP contribution >= 0.6 is 0 Å². The minimum absolute atomic E-state index is 0.0604. The first-order chi connectivity index (χ1) is 12.9. The third-order valence-corrected chi connectivity index (χ3v) is 4.43. The number of ether oxygens (including phenoxy) is 2.